The van der Waals surface area contributed by atoms with Crippen molar-refractivity contribution in [1.82, 2.24) is 19.7 Å². The molecule has 0 saturated carbocycles. The minimum Gasteiger partial charge on any atom is -0.342 e. The van der Waals surface area contributed by atoms with Crippen LogP contribution in [0, 0.1) is 18.7 Å². The molecule has 3 aromatic rings. The first-order chi connectivity index (χ1) is 15.9. The molecular weight excluding hydrogens is 421 g/mol. The number of nitrogens with one attached hydrogen (secondary N) is 1. The molecule has 172 valence electrons. The number of aryl methyl sites for hydroxylation is 1. The first-order valence-corrected chi connectivity index (χ1v) is 11.2. The Morgan fingerprint density at radius 1 is 1.12 bits per heavy atom. The number of halogens is 1. The van der Waals surface area contributed by atoms with E-state index in [1.807, 2.05) is 41.8 Å². The average molecular weight is 450 g/mol. The lowest BCUT2D eigenvalue weighted by atomic mass is 9.92. The van der Waals surface area contributed by atoms with E-state index in [9.17, 15) is 14.0 Å². The minimum absolute atomic E-state index is 0.127. The third-order valence-corrected chi connectivity index (χ3v) is 6.03. The summed E-state index contributed by atoms with van der Waals surface area (Å²) in [7, 11) is 0. The molecule has 1 N–H and O–H groups in total. The van der Waals surface area contributed by atoms with Crippen LogP contribution < -0.4 is 5.32 Å². The molecule has 7 nitrogen and oxygen atoms in total. The van der Waals surface area contributed by atoms with Crippen LogP contribution in [0.25, 0.3) is 0 Å². The second kappa shape index (κ2) is 9.94. The maximum atomic E-state index is 13.0. The summed E-state index contributed by atoms with van der Waals surface area (Å²) in [6.07, 6.45) is 5.15. The van der Waals surface area contributed by atoms with Gasteiger partial charge in [-0.3, -0.25) is 19.3 Å². The smallest absolute Gasteiger partial charge is 0.257 e. The zero-order chi connectivity index (χ0) is 23.4. The quantitative estimate of drug-likeness (QED) is 0.616. The molecule has 4 rings (SSSR count). The molecule has 33 heavy (non-hydrogen) atoms. The molecule has 1 fully saturated rings. The van der Waals surface area contributed by atoms with E-state index in [1.165, 1.54) is 24.3 Å². The first-order valence-electron chi connectivity index (χ1n) is 11.2. The van der Waals surface area contributed by atoms with Crippen LogP contribution in [-0.2, 0) is 11.3 Å². The van der Waals surface area contributed by atoms with Gasteiger partial charge in [-0.2, -0.15) is 5.10 Å². The van der Waals surface area contributed by atoms with E-state index in [0.29, 0.717) is 30.9 Å². The topological polar surface area (TPSA) is 80.1 Å². The Morgan fingerprint density at radius 3 is 2.45 bits per heavy atom. The van der Waals surface area contributed by atoms with Gasteiger partial charge in [-0.25, -0.2) is 4.39 Å². The van der Waals surface area contributed by atoms with Crippen molar-refractivity contribution in [1.29, 1.82) is 0 Å². The number of amides is 2. The Morgan fingerprint density at radius 2 is 1.85 bits per heavy atom. The summed E-state index contributed by atoms with van der Waals surface area (Å²) >= 11 is 0. The van der Waals surface area contributed by atoms with E-state index in [-0.39, 0.29) is 29.5 Å². The summed E-state index contributed by atoms with van der Waals surface area (Å²) < 4.78 is 14.8. The van der Waals surface area contributed by atoms with Crippen LogP contribution >= 0.6 is 0 Å². The molecule has 1 aliphatic heterocycles. The highest BCUT2D eigenvalue weighted by Gasteiger charge is 2.27. The van der Waals surface area contributed by atoms with Crippen molar-refractivity contribution in [3.8, 4) is 0 Å². The standard InChI is InChI=1S/C25H28FN5O2/c1-17(16-31-14-9-18(2)29-31)25(33)30-12-10-19(11-13-30)23-8-3-20(15-27-23)24(32)28-22-6-4-21(26)5-7-22/h3-9,14-15,17,19H,10-13,16H2,1-2H3,(H,28,32)/t17-/m0/s1. The maximum absolute atomic E-state index is 13.0. The number of carbonyl (C=O) groups is 2. The Hall–Kier alpha value is -3.55. The summed E-state index contributed by atoms with van der Waals surface area (Å²) in [5.74, 6) is -0.357. The second-order valence-electron chi connectivity index (χ2n) is 8.61. The molecule has 0 bridgehead atoms. The molecule has 3 heterocycles. The highest BCUT2D eigenvalue weighted by molar-refractivity contribution is 6.04. The molecule has 2 amide bonds. The van der Waals surface area contributed by atoms with Gasteiger partial charge in [-0.1, -0.05) is 6.92 Å². The van der Waals surface area contributed by atoms with E-state index in [1.54, 1.807) is 12.3 Å². The number of nitrogens with zero attached hydrogens (tertiary/aromatic N) is 4. The third-order valence-electron chi connectivity index (χ3n) is 6.03. The van der Waals surface area contributed by atoms with Gasteiger partial charge in [0.05, 0.1) is 23.7 Å². The fourth-order valence-electron chi connectivity index (χ4n) is 4.15. The molecule has 1 aromatic carbocycles. The molecule has 0 radical (unpaired) electrons. The lowest BCUT2D eigenvalue weighted by molar-refractivity contribution is -0.136. The molecule has 0 spiro atoms. The Bertz CT molecular complexity index is 1100. The molecule has 2 aromatic heterocycles. The molecule has 0 aliphatic carbocycles. The lowest BCUT2D eigenvalue weighted by Crippen LogP contribution is -2.41. The van der Waals surface area contributed by atoms with Gasteiger partial charge in [0, 0.05) is 42.8 Å². The number of piperidine rings is 1. The first kappa shape index (κ1) is 22.6. The molecule has 1 atom stereocenters. The summed E-state index contributed by atoms with van der Waals surface area (Å²) in [5, 5.41) is 7.11. The number of hydrogen-bond acceptors (Lipinski definition) is 4. The second-order valence-corrected chi connectivity index (χ2v) is 8.61. The summed E-state index contributed by atoms with van der Waals surface area (Å²) in [5.41, 5.74) is 2.85. The molecule has 0 unspecified atom stereocenters. The van der Waals surface area contributed by atoms with Gasteiger partial charge in [-0.05, 0) is 62.2 Å². The molecule has 8 heteroatoms. The van der Waals surface area contributed by atoms with E-state index >= 15 is 0 Å². The number of pyridine rings is 1. The van der Waals surface area contributed by atoms with Gasteiger partial charge < -0.3 is 10.2 Å². The van der Waals surface area contributed by atoms with Crippen molar-refractivity contribution in [3.05, 3.63) is 77.6 Å². The van der Waals surface area contributed by atoms with Crippen molar-refractivity contribution in [2.24, 2.45) is 5.92 Å². The van der Waals surface area contributed by atoms with Crippen LogP contribution in [0.1, 0.15) is 47.4 Å². The minimum atomic E-state index is -0.353. The van der Waals surface area contributed by atoms with Crippen molar-refractivity contribution < 1.29 is 14.0 Å². The Labute approximate surface area is 192 Å². The monoisotopic (exact) mass is 449 g/mol. The number of anilines is 1. The van der Waals surface area contributed by atoms with Crippen molar-refractivity contribution in [2.75, 3.05) is 18.4 Å². The van der Waals surface area contributed by atoms with Crippen LogP contribution in [-0.4, -0.2) is 44.6 Å². The highest BCUT2D eigenvalue weighted by Crippen LogP contribution is 2.27. The number of likely N-dealkylation sites (tertiary alicyclic amines) is 1. The van der Waals surface area contributed by atoms with Gasteiger partial charge in [-0.15, -0.1) is 0 Å². The van der Waals surface area contributed by atoms with Gasteiger partial charge in [0.25, 0.3) is 5.91 Å². The fraction of sp³-hybridized carbons (Fsp3) is 0.360. The van der Waals surface area contributed by atoms with E-state index < -0.39 is 0 Å². The number of hydrogen-bond donors (Lipinski definition) is 1. The lowest BCUT2D eigenvalue weighted by Gasteiger charge is -2.33. The van der Waals surface area contributed by atoms with Gasteiger partial charge in [0.15, 0.2) is 0 Å². The largest absolute Gasteiger partial charge is 0.342 e. The van der Waals surface area contributed by atoms with E-state index in [2.05, 4.69) is 15.4 Å². The predicted octanol–water partition coefficient (Wildman–Crippen LogP) is 4.02. The van der Waals surface area contributed by atoms with Crippen LogP contribution in [0.5, 0.6) is 0 Å². The van der Waals surface area contributed by atoms with Crippen molar-refractivity contribution in [3.63, 3.8) is 0 Å². The number of carbonyl (C=O) groups excluding carboxylic acids is 2. The van der Waals surface area contributed by atoms with Crippen molar-refractivity contribution >= 4 is 17.5 Å². The van der Waals surface area contributed by atoms with E-state index in [4.69, 9.17) is 0 Å². The zero-order valence-corrected chi connectivity index (χ0v) is 18.9. The van der Waals surface area contributed by atoms with Crippen LogP contribution in [0.3, 0.4) is 0 Å². The van der Waals surface area contributed by atoms with Crippen LogP contribution in [0.15, 0.2) is 54.9 Å². The Kier molecular flexibility index (Phi) is 6.82. The number of aromatic nitrogens is 3. The maximum Gasteiger partial charge on any atom is 0.257 e. The fourth-order valence-corrected chi connectivity index (χ4v) is 4.15. The summed E-state index contributed by atoms with van der Waals surface area (Å²) in [6.45, 7) is 5.85. The average Bonchev–Trinajstić information content (AvgIpc) is 3.24. The predicted molar refractivity (Wildman–Crippen MR) is 123 cm³/mol. The van der Waals surface area contributed by atoms with E-state index in [0.717, 1.165) is 24.2 Å². The number of benzene rings is 1. The molecular formula is C25H28FN5O2. The van der Waals surface area contributed by atoms with Gasteiger partial charge in [0.2, 0.25) is 5.91 Å². The SMILES string of the molecule is Cc1ccn(C[C@H](C)C(=O)N2CCC(c3ccc(C(=O)Nc4ccc(F)cc4)cn3)CC2)n1. The summed E-state index contributed by atoms with van der Waals surface area (Å²) in [4.78, 5) is 31.7. The third kappa shape index (κ3) is 5.63. The normalized spacial score (nSPS) is 15.3. The van der Waals surface area contributed by atoms with Gasteiger partial charge in [0.1, 0.15) is 5.82 Å². The number of rotatable bonds is 6. The summed E-state index contributed by atoms with van der Waals surface area (Å²) in [6, 6.07) is 11.2. The molecule has 1 saturated heterocycles. The zero-order valence-electron chi connectivity index (χ0n) is 18.9. The van der Waals surface area contributed by atoms with Gasteiger partial charge >= 0.3 is 0 Å². The highest BCUT2D eigenvalue weighted by atomic mass is 19.1. The molecule has 1 aliphatic rings. The van der Waals surface area contributed by atoms with Crippen LogP contribution in [0.4, 0.5) is 10.1 Å². The van der Waals surface area contributed by atoms with Crippen molar-refractivity contribution in [2.45, 2.75) is 39.2 Å². The Balaban J connectivity index is 1.29. The van der Waals surface area contributed by atoms with Crippen LogP contribution in [0.2, 0.25) is 0 Å².